The van der Waals surface area contributed by atoms with Crippen molar-refractivity contribution >= 4 is 24.5 Å². The molecule has 4 heteroatoms. The molecule has 3 N–H and O–H groups in total. The Kier molecular flexibility index (Phi) is 3.20. The second kappa shape index (κ2) is 4.79. The van der Waals surface area contributed by atoms with Gasteiger partial charge in [-0.15, -0.1) is 0 Å². The Morgan fingerprint density at radius 3 is 2.62 bits per heavy atom. The molecule has 0 unspecified atom stereocenters. The van der Waals surface area contributed by atoms with Gasteiger partial charge in [-0.2, -0.15) is 0 Å². The Morgan fingerprint density at radius 1 is 1.31 bits per heavy atom. The molecule has 0 spiro atoms. The molecule has 3 nitrogen and oxygen atoms in total. The van der Waals surface area contributed by atoms with Crippen LogP contribution in [-0.2, 0) is 6.54 Å². The Labute approximate surface area is 95.5 Å². The number of nitrogens with two attached hydrogens (primary N) is 1. The fourth-order valence-corrected chi connectivity index (χ4v) is 1.59. The van der Waals surface area contributed by atoms with E-state index in [1.165, 1.54) is 5.56 Å². The van der Waals surface area contributed by atoms with Gasteiger partial charge in [0.25, 0.3) is 0 Å². The van der Waals surface area contributed by atoms with Crippen molar-refractivity contribution in [3.8, 4) is 0 Å². The first kappa shape index (κ1) is 10.7. The molecule has 0 saturated heterocycles. The molecule has 0 radical (unpaired) electrons. The molecule has 16 heavy (non-hydrogen) atoms. The molecule has 0 amide bonds. The molecule has 1 aliphatic rings. The zero-order valence-corrected chi connectivity index (χ0v) is 9.00. The Morgan fingerprint density at radius 2 is 2.06 bits per heavy atom. The Balaban J connectivity index is 2.04. The zero-order valence-electron chi connectivity index (χ0n) is 9.00. The van der Waals surface area contributed by atoms with Crippen LogP contribution >= 0.6 is 0 Å². The van der Waals surface area contributed by atoms with Crippen LogP contribution in [0.5, 0.6) is 0 Å². The SMILES string of the molecule is Nc1ccc(C[N+]2=CCC(=BO)C=C2)cc1. The summed E-state index contributed by atoms with van der Waals surface area (Å²) in [5.74, 6) is 0. The van der Waals surface area contributed by atoms with E-state index >= 15 is 0 Å². The summed E-state index contributed by atoms with van der Waals surface area (Å²) in [6.45, 7) is 0.829. The summed E-state index contributed by atoms with van der Waals surface area (Å²) in [6.07, 6.45) is 6.69. The van der Waals surface area contributed by atoms with Crippen LogP contribution in [0.1, 0.15) is 12.0 Å². The number of allylic oxidation sites excluding steroid dienone is 1. The van der Waals surface area contributed by atoms with E-state index in [1.807, 2.05) is 36.5 Å². The van der Waals surface area contributed by atoms with Crippen LogP contribution in [0.25, 0.3) is 0 Å². The molecule has 80 valence electrons. The molecule has 0 aliphatic carbocycles. The van der Waals surface area contributed by atoms with Gasteiger partial charge < -0.3 is 0 Å². The number of rotatable bonds is 2. The van der Waals surface area contributed by atoms with Crippen LogP contribution in [0.2, 0.25) is 0 Å². The van der Waals surface area contributed by atoms with Gasteiger partial charge in [0.15, 0.2) is 0 Å². The van der Waals surface area contributed by atoms with Crippen LogP contribution in [0, 0.1) is 0 Å². The normalized spacial score (nSPS) is 17.0. The maximum atomic E-state index is 8.83. The molecule has 0 saturated carbocycles. The van der Waals surface area contributed by atoms with E-state index < -0.39 is 0 Å². The summed E-state index contributed by atoms with van der Waals surface area (Å²) in [7, 11) is 1.15. The number of hydrogen-bond donors (Lipinski definition) is 2. The average Bonchev–Trinajstić information content (AvgIpc) is 2.33. The van der Waals surface area contributed by atoms with E-state index in [4.69, 9.17) is 10.8 Å². The fraction of sp³-hybridized carbons (Fsp3) is 0.167. The predicted molar refractivity (Wildman–Crippen MR) is 67.6 cm³/mol. The van der Waals surface area contributed by atoms with Gasteiger partial charge in [-0.05, 0) is 0 Å². The van der Waals surface area contributed by atoms with Crippen LogP contribution < -0.4 is 5.73 Å². The summed E-state index contributed by atoms with van der Waals surface area (Å²) in [5.41, 5.74) is 8.55. The van der Waals surface area contributed by atoms with E-state index in [2.05, 4.69) is 10.8 Å². The van der Waals surface area contributed by atoms with Gasteiger partial charge in [0, 0.05) is 0 Å². The van der Waals surface area contributed by atoms with Gasteiger partial charge in [-0.3, -0.25) is 0 Å². The van der Waals surface area contributed by atoms with Crippen molar-refractivity contribution in [2.45, 2.75) is 13.0 Å². The molecule has 0 fully saturated rings. The average molecular weight is 213 g/mol. The third-order valence-electron chi connectivity index (χ3n) is 2.55. The number of hydrogen-bond acceptors (Lipinski definition) is 2. The van der Waals surface area contributed by atoms with E-state index in [1.54, 1.807) is 0 Å². The molecule has 0 bridgehead atoms. The molecule has 1 aliphatic heterocycles. The van der Waals surface area contributed by atoms with Crippen molar-refractivity contribution < 1.29 is 9.60 Å². The van der Waals surface area contributed by atoms with Gasteiger partial charge in [-0.1, -0.05) is 0 Å². The molecule has 0 atom stereocenters. The van der Waals surface area contributed by atoms with Crippen LogP contribution in [0.3, 0.4) is 0 Å². The first-order chi connectivity index (χ1) is 7.78. The topological polar surface area (TPSA) is 49.3 Å². The third kappa shape index (κ3) is 2.60. The van der Waals surface area contributed by atoms with Crippen molar-refractivity contribution in [3.63, 3.8) is 0 Å². The van der Waals surface area contributed by atoms with Gasteiger partial charge in [0.2, 0.25) is 0 Å². The fourth-order valence-electron chi connectivity index (χ4n) is 1.59. The van der Waals surface area contributed by atoms with Crippen LogP contribution in [0.15, 0.2) is 36.5 Å². The standard InChI is InChI=1S/C12H14BN2O/c14-12-3-1-10(2-4-12)9-15-7-5-11(13-16)6-8-15/h1-5,7-8,16H,6,9,14H2/q+1. The quantitative estimate of drug-likeness (QED) is 0.428. The number of nitrogen functional groups attached to an aromatic ring is 1. The van der Waals surface area contributed by atoms with Crippen LogP contribution in [0.4, 0.5) is 5.69 Å². The predicted octanol–water partition coefficient (Wildman–Crippen LogP) is 0.553. The summed E-state index contributed by atoms with van der Waals surface area (Å²) >= 11 is 0. The first-order valence-electron chi connectivity index (χ1n) is 5.23. The van der Waals surface area contributed by atoms with Crippen molar-refractivity contribution in [2.24, 2.45) is 0 Å². The van der Waals surface area contributed by atoms with Crippen molar-refractivity contribution in [1.29, 1.82) is 0 Å². The first-order valence-corrected chi connectivity index (χ1v) is 5.23. The number of anilines is 1. The molecule has 1 aromatic rings. The second-order valence-electron chi connectivity index (χ2n) is 3.82. The minimum atomic E-state index is 0.766. The van der Waals surface area contributed by atoms with E-state index in [0.29, 0.717) is 0 Å². The van der Waals surface area contributed by atoms with Gasteiger partial charge in [-0.25, -0.2) is 0 Å². The molecule has 0 aromatic heterocycles. The second-order valence-corrected chi connectivity index (χ2v) is 3.82. The molecular formula is C12H14BN2O+. The Hall–Kier alpha value is -1.84. The van der Waals surface area contributed by atoms with Gasteiger partial charge in [0.1, 0.15) is 0 Å². The summed E-state index contributed by atoms with van der Waals surface area (Å²) in [6, 6.07) is 7.85. The monoisotopic (exact) mass is 213 g/mol. The van der Waals surface area contributed by atoms with Gasteiger partial charge in [0.05, 0.1) is 0 Å². The summed E-state index contributed by atoms with van der Waals surface area (Å²) in [4.78, 5) is 0. The van der Waals surface area contributed by atoms with E-state index in [-0.39, 0.29) is 0 Å². The zero-order chi connectivity index (χ0) is 11.4. The number of benzene rings is 1. The van der Waals surface area contributed by atoms with E-state index in [9.17, 15) is 0 Å². The molecule has 2 rings (SSSR count). The van der Waals surface area contributed by atoms with Crippen molar-refractivity contribution in [3.05, 3.63) is 42.1 Å². The van der Waals surface area contributed by atoms with Gasteiger partial charge >= 0.3 is 94.9 Å². The molecule has 1 aromatic carbocycles. The molecular weight excluding hydrogens is 199 g/mol. The summed E-state index contributed by atoms with van der Waals surface area (Å²) < 4.78 is 2.10. The third-order valence-corrected chi connectivity index (χ3v) is 2.55. The van der Waals surface area contributed by atoms with Crippen molar-refractivity contribution in [2.75, 3.05) is 5.73 Å². The van der Waals surface area contributed by atoms with E-state index in [0.717, 1.165) is 31.2 Å². The van der Waals surface area contributed by atoms with Crippen LogP contribution in [-0.4, -0.2) is 28.4 Å². The number of nitrogens with zero attached hydrogens (tertiary/aromatic N) is 1. The molecule has 1 heterocycles. The Bertz CT molecular complexity index is 460. The summed E-state index contributed by atoms with van der Waals surface area (Å²) in [5, 5.41) is 8.83. The van der Waals surface area contributed by atoms with Crippen molar-refractivity contribution in [1.82, 2.24) is 0 Å². The minimum absolute atomic E-state index is 0.766. The maximum absolute atomic E-state index is 8.83.